The molecule has 0 radical (unpaired) electrons. The Hall–Kier alpha value is -4.20. The number of hydrogen-bond donors (Lipinski definition) is 3. The first kappa shape index (κ1) is 23.1. The number of phenolic OH excluding ortho intramolecular Hbond substituents is 3. The van der Waals surface area contributed by atoms with Crippen molar-refractivity contribution in [1.29, 1.82) is 0 Å². The number of aldehydes is 2. The fourth-order valence-corrected chi connectivity index (χ4v) is 2.50. The maximum absolute atomic E-state index is 10.7. The summed E-state index contributed by atoms with van der Waals surface area (Å²) in [5.74, 6) is 0.392. The Morgan fingerprint density at radius 3 is 1.81 bits per heavy atom. The molecule has 0 bridgehead atoms. The molecule has 3 aromatic rings. The van der Waals surface area contributed by atoms with E-state index in [4.69, 9.17) is 24.4 Å². The Morgan fingerprint density at radius 1 is 0.710 bits per heavy atom. The summed E-state index contributed by atoms with van der Waals surface area (Å²) in [4.78, 5) is 21.0. The van der Waals surface area contributed by atoms with Crippen molar-refractivity contribution in [3.8, 4) is 34.5 Å². The molecule has 0 aliphatic rings. The third kappa shape index (κ3) is 6.14. The molecule has 8 nitrogen and oxygen atoms in total. The molecule has 0 spiro atoms. The lowest BCUT2D eigenvalue weighted by Gasteiger charge is -2.12. The smallest absolute Gasteiger partial charge is 0.165 e. The van der Waals surface area contributed by atoms with Gasteiger partial charge in [-0.2, -0.15) is 0 Å². The van der Waals surface area contributed by atoms with Gasteiger partial charge in [-0.3, -0.25) is 9.59 Å². The minimum Gasteiger partial charge on any atom is -0.507 e. The van der Waals surface area contributed by atoms with E-state index in [9.17, 15) is 14.7 Å². The van der Waals surface area contributed by atoms with E-state index >= 15 is 0 Å². The van der Waals surface area contributed by atoms with Crippen molar-refractivity contribution in [2.45, 2.75) is 6.61 Å². The van der Waals surface area contributed by atoms with Gasteiger partial charge in [0.15, 0.2) is 35.6 Å². The van der Waals surface area contributed by atoms with Gasteiger partial charge in [-0.15, -0.1) is 0 Å². The van der Waals surface area contributed by atoms with Gasteiger partial charge in [0.05, 0.1) is 25.3 Å². The van der Waals surface area contributed by atoms with Crippen LogP contribution in [-0.4, -0.2) is 42.1 Å². The zero-order chi connectivity index (χ0) is 22.8. The lowest BCUT2D eigenvalue weighted by Crippen LogP contribution is -1.98. The van der Waals surface area contributed by atoms with Gasteiger partial charge in [0.2, 0.25) is 0 Å². The van der Waals surface area contributed by atoms with Crippen molar-refractivity contribution >= 4 is 12.6 Å². The van der Waals surface area contributed by atoms with Crippen LogP contribution in [0, 0.1) is 0 Å². The van der Waals surface area contributed by atoms with Crippen LogP contribution in [-0.2, 0) is 6.61 Å². The molecule has 162 valence electrons. The van der Waals surface area contributed by atoms with E-state index in [0.717, 1.165) is 11.6 Å². The van der Waals surface area contributed by atoms with Crippen molar-refractivity contribution in [3.05, 3.63) is 71.3 Å². The van der Waals surface area contributed by atoms with E-state index in [0.29, 0.717) is 30.7 Å². The standard InChI is InChI=1S/C15H14O4.C8H8O4/c1-18-14-7-12(9-16)13(17)8-15(14)19-10-11-5-3-2-4-6-11;1-12-8-2-5(4-9)6(10)3-7(8)11/h2-9,17H,10H2,1H3;2-4,10-11H,1H3. The topological polar surface area (TPSA) is 123 Å². The van der Waals surface area contributed by atoms with Gasteiger partial charge in [-0.1, -0.05) is 30.3 Å². The van der Waals surface area contributed by atoms with Gasteiger partial charge in [-0.25, -0.2) is 0 Å². The Bertz CT molecular complexity index is 1030. The third-order valence-electron chi connectivity index (χ3n) is 4.13. The fourth-order valence-electron chi connectivity index (χ4n) is 2.50. The average Bonchev–Trinajstić information content (AvgIpc) is 2.79. The number of aromatic hydroxyl groups is 3. The maximum atomic E-state index is 10.7. The summed E-state index contributed by atoms with van der Waals surface area (Å²) in [6.45, 7) is 0.358. The molecule has 0 aliphatic carbocycles. The quantitative estimate of drug-likeness (QED) is 0.489. The second-order valence-electron chi connectivity index (χ2n) is 6.15. The molecule has 0 aromatic heterocycles. The van der Waals surface area contributed by atoms with Crippen molar-refractivity contribution in [3.63, 3.8) is 0 Å². The number of hydrogen-bond acceptors (Lipinski definition) is 8. The van der Waals surface area contributed by atoms with Crippen LogP contribution in [0.15, 0.2) is 54.6 Å². The van der Waals surface area contributed by atoms with Gasteiger partial charge >= 0.3 is 0 Å². The van der Waals surface area contributed by atoms with Crippen molar-refractivity contribution in [2.24, 2.45) is 0 Å². The molecule has 0 fully saturated rings. The van der Waals surface area contributed by atoms with E-state index in [1.807, 2.05) is 30.3 Å². The number of ether oxygens (including phenoxy) is 3. The molecule has 0 saturated carbocycles. The third-order valence-corrected chi connectivity index (χ3v) is 4.13. The van der Waals surface area contributed by atoms with Crippen LogP contribution >= 0.6 is 0 Å². The van der Waals surface area contributed by atoms with Crippen molar-refractivity contribution < 1.29 is 39.1 Å². The van der Waals surface area contributed by atoms with Gasteiger partial charge < -0.3 is 29.5 Å². The zero-order valence-electron chi connectivity index (χ0n) is 16.9. The van der Waals surface area contributed by atoms with E-state index in [1.54, 1.807) is 0 Å². The second kappa shape index (κ2) is 11.1. The molecular formula is C23H22O8. The van der Waals surface area contributed by atoms with Crippen LogP contribution in [0.1, 0.15) is 26.3 Å². The Morgan fingerprint density at radius 2 is 1.26 bits per heavy atom. The van der Waals surface area contributed by atoms with Crippen LogP contribution in [0.4, 0.5) is 0 Å². The highest BCUT2D eigenvalue weighted by atomic mass is 16.5. The van der Waals surface area contributed by atoms with Crippen LogP contribution in [0.5, 0.6) is 34.5 Å². The van der Waals surface area contributed by atoms with Crippen LogP contribution in [0.2, 0.25) is 0 Å². The van der Waals surface area contributed by atoms with Gasteiger partial charge in [-0.05, 0) is 17.7 Å². The van der Waals surface area contributed by atoms with Gasteiger partial charge in [0.25, 0.3) is 0 Å². The molecule has 3 aromatic carbocycles. The molecule has 0 atom stereocenters. The fraction of sp³-hybridized carbons (Fsp3) is 0.130. The number of rotatable bonds is 7. The summed E-state index contributed by atoms with van der Waals surface area (Å²) >= 11 is 0. The average molecular weight is 426 g/mol. The lowest BCUT2D eigenvalue weighted by atomic mass is 10.2. The van der Waals surface area contributed by atoms with E-state index in [2.05, 4.69) is 0 Å². The van der Waals surface area contributed by atoms with E-state index < -0.39 is 0 Å². The van der Waals surface area contributed by atoms with Crippen LogP contribution in [0.25, 0.3) is 0 Å². The molecule has 8 heteroatoms. The van der Waals surface area contributed by atoms with Gasteiger partial charge in [0.1, 0.15) is 18.1 Å². The first-order valence-corrected chi connectivity index (χ1v) is 9.01. The minimum atomic E-state index is -0.261. The highest BCUT2D eigenvalue weighted by molar-refractivity contribution is 5.81. The number of carbonyl (C=O) groups is 2. The summed E-state index contributed by atoms with van der Waals surface area (Å²) in [5, 5.41) is 27.8. The first-order chi connectivity index (χ1) is 14.9. The summed E-state index contributed by atoms with van der Waals surface area (Å²) < 4.78 is 15.5. The molecule has 0 amide bonds. The maximum Gasteiger partial charge on any atom is 0.165 e. The number of methoxy groups -OCH3 is 2. The summed E-state index contributed by atoms with van der Waals surface area (Å²) in [6.07, 6.45) is 1.05. The zero-order valence-corrected chi connectivity index (χ0v) is 16.9. The predicted octanol–water partition coefficient (Wildman–Crippen LogP) is 3.71. The number of phenols is 3. The molecule has 0 heterocycles. The normalized spacial score (nSPS) is 9.74. The van der Waals surface area contributed by atoms with Gasteiger partial charge in [0, 0.05) is 12.1 Å². The summed E-state index contributed by atoms with van der Waals surface area (Å²) in [7, 11) is 2.84. The SMILES string of the molecule is COc1cc(C=O)c(O)cc1O.COc1cc(C=O)c(O)cc1OCc1ccccc1. The van der Waals surface area contributed by atoms with Crippen LogP contribution in [0.3, 0.4) is 0 Å². The number of carbonyl (C=O) groups excluding carboxylic acids is 2. The molecule has 31 heavy (non-hydrogen) atoms. The van der Waals surface area contributed by atoms with E-state index in [-0.39, 0.29) is 34.1 Å². The Labute approximate surface area is 178 Å². The predicted molar refractivity (Wildman–Crippen MR) is 113 cm³/mol. The molecular weight excluding hydrogens is 404 g/mol. The highest BCUT2D eigenvalue weighted by Crippen LogP contribution is 2.34. The molecule has 3 N–H and O–H groups in total. The van der Waals surface area contributed by atoms with Crippen molar-refractivity contribution in [1.82, 2.24) is 0 Å². The lowest BCUT2D eigenvalue weighted by molar-refractivity contribution is 0.111. The Balaban J connectivity index is 0.000000245. The first-order valence-electron chi connectivity index (χ1n) is 9.01. The molecule has 3 rings (SSSR count). The van der Waals surface area contributed by atoms with Crippen molar-refractivity contribution in [2.75, 3.05) is 14.2 Å². The highest BCUT2D eigenvalue weighted by Gasteiger charge is 2.11. The second-order valence-corrected chi connectivity index (χ2v) is 6.15. The molecule has 0 saturated heterocycles. The summed E-state index contributed by atoms with van der Waals surface area (Å²) in [5.41, 5.74) is 1.26. The summed E-state index contributed by atoms with van der Waals surface area (Å²) in [6, 6.07) is 14.8. The number of benzene rings is 3. The monoisotopic (exact) mass is 426 g/mol. The molecule has 0 unspecified atom stereocenters. The minimum absolute atomic E-state index is 0.0876. The Kier molecular flexibility index (Phi) is 8.27. The van der Waals surface area contributed by atoms with Crippen LogP contribution < -0.4 is 14.2 Å². The molecule has 0 aliphatic heterocycles. The van der Waals surface area contributed by atoms with E-state index in [1.165, 1.54) is 32.4 Å². The largest absolute Gasteiger partial charge is 0.507 e.